The van der Waals surface area contributed by atoms with Gasteiger partial charge in [0.15, 0.2) is 5.65 Å². The van der Waals surface area contributed by atoms with Crippen LogP contribution in [0.5, 0.6) is 0 Å². The molecule has 2 N–H and O–H groups in total. The summed E-state index contributed by atoms with van der Waals surface area (Å²) in [7, 11) is 1.80. The zero-order valence-corrected chi connectivity index (χ0v) is 6.00. The van der Waals surface area contributed by atoms with Gasteiger partial charge in [0.2, 0.25) is 0 Å². The van der Waals surface area contributed by atoms with Crippen LogP contribution in [0.25, 0.3) is 11.2 Å². The van der Waals surface area contributed by atoms with Crippen LogP contribution >= 0.6 is 0 Å². The number of rotatable bonds is 1. The third kappa shape index (κ3) is 0.899. The summed E-state index contributed by atoms with van der Waals surface area (Å²) in [5, 5.41) is 9.41. The lowest BCUT2D eigenvalue weighted by Crippen LogP contribution is -1.92. The monoisotopic (exact) mass is 149 g/mol. The molecule has 0 aromatic carbocycles. The van der Waals surface area contributed by atoms with Gasteiger partial charge in [0.25, 0.3) is 0 Å². The molecule has 0 aliphatic carbocycles. The predicted octanol–water partition coefficient (Wildman–Crippen LogP) is 0.395. The van der Waals surface area contributed by atoms with Gasteiger partial charge in [-0.3, -0.25) is 5.10 Å². The molecule has 0 spiro atoms. The molecule has 2 heterocycles. The molecule has 2 aromatic heterocycles. The highest BCUT2D eigenvalue weighted by Crippen LogP contribution is 2.06. The molecule has 5 nitrogen and oxygen atoms in total. The first-order chi connectivity index (χ1) is 5.40. The van der Waals surface area contributed by atoms with Crippen LogP contribution in [-0.2, 0) is 0 Å². The fourth-order valence-corrected chi connectivity index (χ4v) is 0.855. The molecule has 0 saturated heterocycles. The Bertz CT molecular complexity index is 366. The summed E-state index contributed by atoms with van der Waals surface area (Å²) in [6.45, 7) is 0. The molecule has 2 aromatic rings. The minimum absolute atomic E-state index is 0.712. The quantitative estimate of drug-likeness (QED) is 0.615. The lowest BCUT2D eigenvalue weighted by Gasteiger charge is -1.95. The Hall–Kier alpha value is -1.65. The van der Waals surface area contributed by atoms with E-state index < -0.39 is 0 Å². The van der Waals surface area contributed by atoms with Crippen LogP contribution in [0.2, 0.25) is 0 Å². The first-order valence-corrected chi connectivity index (χ1v) is 3.24. The van der Waals surface area contributed by atoms with Crippen LogP contribution in [0.4, 0.5) is 5.82 Å². The fourth-order valence-electron chi connectivity index (χ4n) is 0.855. The molecule has 2 rings (SSSR count). The summed E-state index contributed by atoms with van der Waals surface area (Å²) >= 11 is 0. The Morgan fingerprint density at radius 1 is 1.45 bits per heavy atom. The van der Waals surface area contributed by atoms with E-state index >= 15 is 0 Å². The largest absolute Gasteiger partial charge is 0.372 e. The molecule has 0 atom stereocenters. The molecule has 11 heavy (non-hydrogen) atoms. The van der Waals surface area contributed by atoms with Crippen molar-refractivity contribution < 1.29 is 0 Å². The first-order valence-electron chi connectivity index (χ1n) is 3.24. The Kier molecular flexibility index (Phi) is 1.21. The molecule has 0 aliphatic rings. The van der Waals surface area contributed by atoms with Crippen molar-refractivity contribution in [2.75, 3.05) is 12.4 Å². The SMILES string of the molecule is CNc1cnc2[nH]ncc2n1. The third-order valence-electron chi connectivity index (χ3n) is 1.41. The minimum Gasteiger partial charge on any atom is -0.372 e. The number of aromatic amines is 1. The van der Waals surface area contributed by atoms with Gasteiger partial charge in [-0.1, -0.05) is 0 Å². The summed E-state index contributed by atoms with van der Waals surface area (Å²) in [4.78, 5) is 8.26. The van der Waals surface area contributed by atoms with E-state index in [1.165, 1.54) is 0 Å². The highest BCUT2D eigenvalue weighted by atomic mass is 15.2. The van der Waals surface area contributed by atoms with Gasteiger partial charge in [-0.05, 0) is 0 Å². The number of nitrogens with one attached hydrogen (secondary N) is 2. The lowest BCUT2D eigenvalue weighted by molar-refractivity contribution is 1.10. The van der Waals surface area contributed by atoms with Crippen molar-refractivity contribution in [2.45, 2.75) is 0 Å². The van der Waals surface area contributed by atoms with Gasteiger partial charge in [0, 0.05) is 7.05 Å². The summed E-state index contributed by atoms with van der Waals surface area (Å²) in [5.74, 6) is 0.749. The standard InChI is InChI=1S/C6H7N5/c1-7-5-3-8-6-4(10-5)2-9-11-6/h2-3H,1H3,(H,7,10)(H,8,9,11). The molecule has 0 bridgehead atoms. The van der Waals surface area contributed by atoms with Crippen molar-refractivity contribution in [3.05, 3.63) is 12.4 Å². The average Bonchev–Trinajstić information content (AvgIpc) is 2.50. The van der Waals surface area contributed by atoms with E-state index in [4.69, 9.17) is 0 Å². The van der Waals surface area contributed by atoms with E-state index in [0.29, 0.717) is 5.65 Å². The second-order valence-corrected chi connectivity index (χ2v) is 2.11. The van der Waals surface area contributed by atoms with Gasteiger partial charge in [-0.15, -0.1) is 0 Å². The molecular formula is C6H7N5. The normalized spacial score (nSPS) is 10.3. The Balaban J connectivity index is 2.67. The van der Waals surface area contributed by atoms with E-state index in [1.54, 1.807) is 19.4 Å². The van der Waals surface area contributed by atoms with Crippen molar-refractivity contribution in [3.8, 4) is 0 Å². The fraction of sp³-hybridized carbons (Fsp3) is 0.167. The van der Waals surface area contributed by atoms with Crippen LogP contribution in [0, 0.1) is 0 Å². The molecule has 0 unspecified atom stereocenters. The smallest absolute Gasteiger partial charge is 0.174 e. The van der Waals surface area contributed by atoms with Gasteiger partial charge in [0.05, 0.1) is 12.4 Å². The molecule has 0 saturated carbocycles. The second-order valence-electron chi connectivity index (χ2n) is 2.11. The Morgan fingerprint density at radius 3 is 3.18 bits per heavy atom. The summed E-state index contributed by atoms with van der Waals surface area (Å²) < 4.78 is 0. The van der Waals surface area contributed by atoms with Gasteiger partial charge in [-0.25, -0.2) is 9.97 Å². The molecular weight excluding hydrogens is 142 g/mol. The van der Waals surface area contributed by atoms with Crippen LogP contribution in [0.1, 0.15) is 0 Å². The van der Waals surface area contributed by atoms with E-state index in [1.807, 2.05) is 0 Å². The molecule has 0 aliphatic heterocycles. The van der Waals surface area contributed by atoms with Crippen molar-refractivity contribution in [1.82, 2.24) is 20.2 Å². The highest BCUT2D eigenvalue weighted by molar-refractivity contribution is 5.69. The molecule has 0 radical (unpaired) electrons. The van der Waals surface area contributed by atoms with Gasteiger partial charge in [0.1, 0.15) is 11.3 Å². The highest BCUT2D eigenvalue weighted by Gasteiger charge is 1.97. The van der Waals surface area contributed by atoms with Crippen LogP contribution in [-0.4, -0.2) is 27.2 Å². The number of hydrogen-bond acceptors (Lipinski definition) is 4. The number of fused-ring (bicyclic) bond motifs is 1. The topological polar surface area (TPSA) is 66.5 Å². The molecule has 56 valence electrons. The summed E-state index contributed by atoms with van der Waals surface area (Å²) in [5.41, 5.74) is 1.49. The minimum atomic E-state index is 0.712. The van der Waals surface area contributed by atoms with Crippen molar-refractivity contribution >= 4 is 17.0 Å². The average molecular weight is 149 g/mol. The number of nitrogens with zero attached hydrogens (tertiary/aromatic N) is 3. The zero-order chi connectivity index (χ0) is 7.68. The molecule has 0 amide bonds. The maximum Gasteiger partial charge on any atom is 0.174 e. The number of H-pyrrole nitrogens is 1. The van der Waals surface area contributed by atoms with Gasteiger partial charge < -0.3 is 5.32 Å². The number of anilines is 1. The van der Waals surface area contributed by atoms with Crippen LogP contribution in [0.3, 0.4) is 0 Å². The molecule has 5 heteroatoms. The van der Waals surface area contributed by atoms with E-state index in [2.05, 4.69) is 25.5 Å². The van der Waals surface area contributed by atoms with Crippen molar-refractivity contribution in [3.63, 3.8) is 0 Å². The first kappa shape index (κ1) is 6.09. The number of aromatic nitrogens is 4. The zero-order valence-electron chi connectivity index (χ0n) is 6.00. The van der Waals surface area contributed by atoms with E-state index in [9.17, 15) is 0 Å². The maximum absolute atomic E-state index is 4.19. The van der Waals surface area contributed by atoms with E-state index in [0.717, 1.165) is 11.3 Å². The van der Waals surface area contributed by atoms with E-state index in [-0.39, 0.29) is 0 Å². The maximum atomic E-state index is 4.19. The second kappa shape index (κ2) is 2.19. The van der Waals surface area contributed by atoms with Crippen LogP contribution < -0.4 is 5.32 Å². The summed E-state index contributed by atoms with van der Waals surface area (Å²) in [6, 6.07) is 0. The van der Waals surface area contributed by atoms with Gasteiger partial charge >= 0.3 is 0 Å². The summed E-state index contributed by atoms with van der Waals surface area (Å²) in [6.07, 6.45) is 3.30. The Morgan fingerprint density at radius 2 is 2.36 bits per heavy atom. The predicted molar refractivity (Wildman–Crippen MR) is 41.2 cm³/mol. The van der Waals surface area contributed by atoms with Gasteiger partial charge in [-0.2, -0.15) is 5.10 Å². The van der Waals surface area contributed by atoms with Crippen LogP contribution in [0.15, 0.2) is 12.4 Å². The Labute approximate surface area is 62.9 Å². The number of hydrogen-bond donors (Lipinski definition) is 2. The lowest BCUT2D eigenvalue weighted by atomic mass is 10.5. The van der Waals surface area contributed by atoms with Crippen molar-refractivity contribution in [1.29, 1.82) is 0 Å². The van der Waals surface area contributed by atoms with Crippen molar-refractivity contribution in [2.24, 2.45) is 0 Å². The third-order valence-corrected chi connectivity index (χ3v) is 1.41. The molecule has 0 fully saturated rings.